The van der Waals surface area contributed by atoms with E-state index in [1.165, 1.54) is 12.4 Å². The Kier molecular flexibility index (Phi) is 3.42. The van der Waals surface area contributed by atoms with E-state index in [0.717, 1.165) is 5.56 Å². The van der Waals surface area contributed by atoms with E-state index in [9.17, 15) is 4.79 Å². The van der Waals surface area contributed by atoms with Gasteiger partial charge in [-0.1, -0.05) is 11.2 Å². The van der Waals surface area contributed by atoms with Crippen molar-refractivity contribution in [3.63, 3.8) is 0 Å². The van der Waals surface area contributed by atoms with Crippen LogP contribution in [0.3, 0.4) is 0 Å². The van der Waals surface area contributed by atoms with Crippen LogP contribution in [0, 0.1) is 0 Å². The van der Waals surface area contributed by atoms with Gasteiger partial charge in [0.15, 0.2) is 0 Å². The number of aryl methyl sites for hydroxylation is 2. The topological polar surface area (TPSA) is 124 Å². The minimum atomic E-state index is -0.125. The van der Waals surface area contributed by atoms with E-state index >= 15 is 0 Å². The van der Waals surface area contributed by atoms with Gasteiger partial charge in [-0.25, -0.2) is 9.97 Å². The Morgan fingerprint density at radius 3 is 2.90 bits per heavy atom. The van der Waals surface area contributed by atoms with Gasteiger partial charge < -0.3 is 15.2 Å². The Morgan fingerprint density at radius 2 is 2.14 bits per heavy atom. The third-order valence-electron chi connectivity index (χ3n) is 2.86. The van der Waals surface area contributed by atoms with Gasteiger partial charge in [0.2, 0.25) is 17.3 Å². The lowest BCUT2D eigenvalue weighted by atomic mass is 10.1. The molecule has 3 rings (SSSR count). The molecule has 0 radical (unpaired) electrons. The average molecular weight is 284 g/mol. The molecule has 3 aromatic rings. The number of nitrogen functional groups attached to an aromatic ring is 1. The van der Waals surface area contributed by atoms with Gasteiger partial charge in [0.05, 0.1) is 0 Å². The Labute approximate surface area is 119 Å². The van der Waals surface area contributed by atoms with Crippen LogP contribution in [0.25, 0.3) is 11.5 Å². The number of nitrogens with zero attached hydrogens (tertiary/aromatic N) is 4. The van der Waals surface area contributed by atoms with Gasteiger partial charge in [-0.05, 0) is 12.0 Å². The van der Waals surface area contributed by atoms with E-state index in [4.69, 9.17) is 10.3 Å². The number of rotatable bonds is 4. The average Bonchev–Trinajstić information content (AvgIpc) is 2.96. The van der Waals surface area contributed by atoms with Crippen molar-refractivity contribution in [3.05, 3.63) is 52.5 Å². The lowest BCUT2D eigenvalue weighted by Gasteiger charge is -1.96. The molecule has 0 fully saturated rings. The van der Waals surface area contributed by atoms with Crippen LogP contribution >= 0.6 is 0 Å². The molecule has 3 N–H and O–H groups in total. The molecule has 0 aliphatic rings. The van der Waals surface area contributed by atoms with Crippen molar-refractivity contribution in [2.45, 2.75) is 12.8 Å². The summed E-state index contributed by atoms with van der Waals surface area (Å²) in [4.78, 5) is 25.7. The number of H-pyrrole nitrogens is 1. The van der Waals surface area contributed by atoms with Crippen molar-refractivity contribution < 1.29 is 4.52 Å². The predicted molar refractivity (Wildman–Crippen MR) is 74.2 cm³/mol. The van der Waals surface area contributed by atoms with Crippen LogP contribution in [0.1, 0.15) is 11.5 Å². The van der Waals surface area contributed by atoms with Gasteiger partial charge in [-0.3, -0.25) is 4.79 Å². The molecule has 21 heavy (non-hydrogen) atoms. The van der Waals surface area contributed by atoms with Gasteiger partial charge in [-0.2, -0.15) is 4.98 Å². The SMILES string of the molecule is Nc1cc(-c2noc(CCc3ccc(=O)[nH]c3)n2)ncn1. The summed E-state index contributed by atoms with van der Waals surface area (Å²) in [5.41, 5.74) is 6.96. The number of hydrogen-bond acceptors (Lipinski definition) is 7. The fraction of sp³-hybridized carbons (Fsp3) is 0.154. The van der Waals surface area contributed by atoms with Gasteiger partial charge in [0, 0.05) is 24.8 Å². The minimum absolute atomic E-state index is 0.125. The summed E-state index contributed by atoms with van der Waals surface area (Å²) in [6, 6.07) is 4.83. The Hall–Kier alpha value is -3.03. The highest BCUT2D eigenvalue weighted by molar-refractivity contribution is 5.52. The molecule has 0 amide bonds. The summed E-state index contributed by atoms with van der Waals surface area (Å²) in [5.74, 6) is 1.22. The lowest BCUT2D eigenvalue weighted by Crippen LogP contribution is -2.03. The first kappa shape index (κ1) is 13.0. The number of nitrogens with one attached hydrogen (secondary N) is 1. The van der Waals surface area contributed by atoms with Crippen LogP contribution in [0.5, 0.6) is 0 Å². The van der Waals surface area contributed by atoms with Crippen molar-refractivity contribution in [2.24, 2.45) is 0 Å². The smallest absolute Gasteiger partial charge is 0.247 e. The number of aromatic nitrogens is 5. The fourth-order valence-corrected chi connectivity index (χ4v) is 1.80. The Bertz CT molecular complexity index is 790. The highest BCUT2D eigenvalue weighted by Crippen LogP contribution is 2.14. The van der Waals surface area contributed by atoms with Crippen LogP contribution < -0.4 is 11.3 Å². The third-order valence-corrected chi connectivity index (χ3v) is 2.86. The number of aromatic amines is 1. The molecule has 0 aromatic carbocycles. The number of hydrogen-bond donors (Lipinski definition) is 2. The Balaban J connectivity index is 1.70. The molecule has 0 aliphatic carbocycles. The second-order valence-electron chi connectivity index (χ2n) is 4.40. The second-order valence-corrected chi connectivity index (χ2v) is 4.40. The molecule has 0 spiro atoms. The molecule has 3 aromatic heterocycles. The summed E-state index contributed by atoms with van der Waals surface area (Å²) in [5, 5.41) is 3.86. The monoisotopic (exact) mass is 284 g/mol. The molecule has 3 heterocycles. The zero-order chi connectivity index (χ0) is 14.7. The van der Waals surface area contributed by atoms with Crippen LogP contribution in [-0.2, 0) is 12.8 Å². The van der Waals surface area contributed by atoms with Gasteiger partial charge in [0.1, 0.15) is 17.8 Å². The van der Waals surface area contributed by atoms with E-state index in [2.05, 4.69) is 25.1 Å². The van der Waals surface area contributed by atoms with Crippen LogP contribution in [0.2, 0.25) is 0 Å². The zero-order valence-electron chi connectivity index (χ0n) is 11.0. The third kappa shape index (κ3) is 3.11. The van der Waals surface area contributed by atoms with E-state index in [1.54, 1.807) is 18.3 Å². The maximum atomic E-state index is 11.0. The Morgan fingerprint density at radius 1 is 1.24 bits per heavy atom. The highest BCUT2D eigenvalue weighted by Gasteiger charge is 2.10. The maximum absolute atomic E-state index is 11.0. The molecule has 0 unspecified atom stereocenters. The number of pyridine rings is 1. The number of nitrogens with two attached hydrogens (primary N) is 1. The molecule has 0 saturated carbocycles. The molecule has 0 bridgehead atoms. The molecular weight excluding hydrogens is 272 g/mol. The zero-order valence-corrected chi connectivity index (χ0v) is 11.0. The molecular formula is C13H12N6O2. The van der Waals surface area contributed by atoms with Gasteiger partial charge >= 0.3 is 0 Å². The first-order valence-electron chi connectivity index (χ1n) is 6.29. The minimum Gasteiger partial charge on any atom is -0.384 e. The molecule has 0 atom stereocenters. The van der Waals surface area contributed by atoms with Crippen molar-refractivity contribution in [1.82, 2.24) is 25.1 Å². The summed E-state index contributed by atoms with van der Waals surface area (Å²) in [6.45, 7) is 0. The molecule has 0 aliphatic heterocycles. The highest BCUT2D eigenvalue weighted by atomic mass is 16.5. The molecule has 0 saturated heterocycles. The van der Waals surface area contributed by atoms with E-state index < -0.39 is 0 Å². The van der Waals surface area contributed by atoms with Gasteiger partial charge in [0.25, 0.3) is 0 Å². The van der Waals surface area contributed by atoms with Crippen LogP contribution in [-0.4, -0.2) is 25.1 Å². The van der Waals surface area contributed by atoms with E-state index in [0.29, 0.717) is 36.1 Å². The quantitative estimate of drug-likeness (QED) is 0.718. The van der Waals surface area contributed by atoms with Crippen molar-refractivity contribution in [3.8, 4) is 11.5 Å². The fourth-order valence-electron chi connectivity index (χ4n) is 1.80. The summed E-state index contributed by atoms with van der Waals surface area (Å²) in [6.07, 6.45) is 4.27. The summed E-state index contributed by atoms with van der Waals surface area (Å²) >= 11 is 0. The summed E-state index contributed by atoms with van der Waals surface area (Å²) in [7, 11) is 0. The first-order valence-corrected chi connectivity index (χ1v) is 6.29. The van der Waals surface area contributed by atoms with Crippen molar-refractivity contribution >= 4 is 5.82 Å². The van der Waals surface area contributed by atoms with Crippen LogP contribution in [0.4, 0.5) is 5.82 Å². The first-order chi connectivity index (χ1) is 10.2. The predicted octanol–water partition coefficient (Wildman–Crippen LogP) is 0.582. The lowest BCUT2D eigenvalue weighted by molar-refractivity contribution is 0.378. The number of anilines is 1. The van der Waals surface area contributed by atoms with E-state index in [-0.39, 0.29) is 5.56 Å². The summed E-state index contributed by atoms with van der Waals surface area (Å²) < 4.78 is 5.17. The molecule has 106 valence electrons. The maximum Gasteiger partial charge on any atom is 0.247 e. The molecule has 8 heteroatoms. The van der Waals surface area contributed by atoms with Crippen molar-refractivity contribution in [1.29, 1.82) is 0 Å². The second kappa shape index (κ2) is 5.53. The standard InChI is InChI=1S/C13H12N6O2/c14-10-5-9(16-7-17-10)13-18-12(21-19-13)4-2-8-1-3-11(20)15-6-8/h1,3,5-7H,2,4H2,(H,15,20)(H2,14,16,17). The van der Waals surface area contributed by atoms with Crippen molar-refractivity contribution in [2.75, 3.05) is 5.73 Å². The van der Waals surface area contributed by atoms with E-state index in [1.807, 2.05) is 0 Å². The molecule has 8 nitrogen and oxygen atoms in total. The normalized spacial score (nSPS) is 10.7. The van der Waals surface area contributed by atoms with Crippen LogP contribution in [0.15, 0.2) is 40.0 Å². The van der Waals surface area contributed by atoms with Gasteiger partial charge in [-0.15, -0.1) is 0 Å². The largest absolute Gasteiger partial charge is 0.384 e.